The Bertz CT molecular complexity index is 420. The third-order valence-corrected chi connectivity index (χ3v) is 3.33. The maximum absolute atomic E-state index is 12.1. The van der Waals surface area contributed by atoms with Gasteiger partial charge in [-0.05, 0) is 0 Å². The van der Waals surface area contributed by atoms with Crippen LogP contribution in [0.25, 0.3) is 0 Å². The van der Waals surface area contributed by atoms with Gasteiger partial charge in [0.1, 0.15) is 0 Å². The van der Waals surface area contributed by atoms with Crippen LogP contribution >= 0.6 is 0 Å². The number of nitrogens with zero attached hydrogens (tertiary/aromatic N) is 1. The van der Waals surface area contributed by atoms with Gasteiger partial charge in [0.2, 0.25) is 0 Å². The van der Waals surface area contributed by atoms with E-state index in [9.17, 15) is 4.79 Å². The first-order chi connectivity index (χ1) is 9.61. The van der Waals surface area contributed by atoms with Crippen molar-refractivity contribution in [3.63, 3.8) is 0 Å². The van der Waals surface area contributed by atoms with Crippen LogP contribution in [0.15, 0.2) is 30.3 Å². The van der Waals surface area contributed by atoms with Crippen LogP contribution in [-0.2, 0) is 0 Å². The van der Waals surface area contributed by atoms with E-state index in [1.165, 1.54) is 0 Å². The zero-order valence-corrected chi connectivity index (χ0v) is 12.3. The summed E-state index contributed by atoms with van der Waals surface area (Å²) in [5, 5.41) is 8.96. The number of carbonyl (C=O) groups is 1. The van der Waals surface area contributed by atoms with Gasteiger partial charge in [0.05, 0.1) is 0 Å². The third-order valence-electron chi connectivity index (χ3n) is 3.33. The van der Waals surface area contributed by atoms with Gasteiger partial charge in [-0.25, -0.2) is 0 Å². The molecule has 0 radical (unpaired) electrons. The molecule has 0 unspecified atom stereocenters. The zero-order valence-electron chi connectivity index (χ0n) is 12.3. The van der Waals surface area contributed by atoms with E-state index in [0.29, 0.717) is 6.42 Å². The van der Waals surface area contributed by atoms with Crippen molar-refractivity contribution in [2.24, 2.45) is 0 Å². The normalized spacial score (nSPS) is 10.2. The molecule has 0 atom stereocenters. The summed E-state index contributed by atoms with van der Waals surface area (Å²) in [5.74, 6) is 0.0854. The fraction of sp³-hybridized carbons (Fsp3) is 0.500. The second kappa shape index (κ2) is 9.35. The Morgan fingerprint density at radius 2 is 1.70 bits per heavy atom. The van der Waals surface area contributed by atoms with E-state index in [1.54, 1.807) is 4.90 Å². The van der Waals surface area contributed by atoms with Gasteiger partial charge in [0.25, 0.3) is 0 Å². The minimum Gasteiger partial charge on any atom is -0.0622 e. The van der Waals surface area contributed by atoms with Crippen molar-refractivity contribution in [1.82, 2.24) is 4.90 Å². The number of hydrogen-bond acceptors (Lipinski definition) is 2. The SMILES string of the molecule is B=C(O)CCCCCCCN(C)C(=O)c1ccccc1. The average molecular weight is 273 g/mol. The molecule has 1 rings (SSSR count). The van der Waals surface area contributed by atoms with E-state index < -0.39 is 0 Å². The number of benzene rings is 1. The molecule has 0 heterocycles. The standard InChI is InChI=1S/C16H24BNO2/c1-18(16(20)14-10-6-5-7-11-14)13-9-4-2-3-8-12-15(17)19/h5-7,10-11,17,19H,2-4,8-9,12-13H2,1H3. The van der Waals surface area contributed by atoms with Crippen LogP contribution in [0.4, 0.5) is 0 Å². The summed E-state index contributed by atoms with van der Waals surface area (Å²) in [6.07, 6.45) is 6.08. The Morgan fingerprint density at radius 1 is 1.10 bits per heavy atom. The molecular weight excluding hydrogens is 249 g/mol. The van der Waals surface area contributed by atoms with Gasteiger partial charge in [-0.15, -0.1) is 0 Å². The minimum atomic E-state index is 0.0854. The summed E-state index contributed by atoms with van der Waals surface area (Å²) >= 11 is 0. The predicted molar refractivity (Wildman–Crippen MR) is 85.2 cm³/mol. The van der Waals surface area contributed by atoms with Crippen LogP contribution in [0.3, 0.4) is 0 Å². The second-order valence-corrected chi connectivity index (χ2v) is 5.18. The van der Waals surface area contributed by atoms with Crippen molar-refractivity contribution in [2.45, 2.75) is 38.5 Å². The quantitative estimate of drug-likeness (QED) is 0.554. The van der Waals surface area contributed by atoms with Crippen molar-refractivity contribution >= 4 is 19.0 Å². The summed E-state index contributed by atoms with van der Waals surface area (Å²) in [4.78, 5) is 13.9. The Balaban J connectivity index is 2.13. The molecule has 1 aromatic rings. The molecule has 0 spiro atoms. The summed E-state index contributed by atoms with van der Waals surface area (Å²) in [6, 6.07) is 9.38. The minimum absolute atomic E-state index is 0.0854. The fourth-order valence-electron chi connectivity index (χ4n) is 2.11. The number of unbranched alkanes of at least 4 members (excludes halogenated alkanes) is 4. The second-order valence-electron chi connectivity index (χ2n) is 5.18. The number of hydrogen-bond donors (Lipinski definition) is 1. The molecule has 1 N–H and O–H groups in total. The van der Waals surface area contributed by atoms with Crippen molar-refractivity contribution in [3.8, 4) is 0 Å². The number of rotatable bonds is 9. The summed E-state index contributed by atoms with van der Waals surface area (Å²) in [5.41, 5.74) is 1.02. The molecule has 20 heavy (non-hydrogen) atoms. The first kappa shape index (κ1) is 16.5. The number of aliphatic hydroxyl groups excluding tert-OH is 1. The van der Waals surface area contributed by atoms with Crippen LogP contribution in [0.5, 0.6) is 0 Å². The van der Waals surface area contributed by atoms with Crippen LogP contribution in [0.2, 0.25) is 0 Å². The van der Waals surface area contributed by atoms with Crippen LogP contribution < -0.4 is 0 Å². The van der Waals surface area contributed by atoms with E-state index in [0.717, 1.165) is 44.2 Å². The molecule has 3 nitrogen and oxygen atoms in total. The molecule has 0 fully saturated rings. The topological polar surface area (TPSA) is 40.5 Å². The van der Waals surface area contributed by atoms with Crippen molar-refractivity contribution in [3.05, 3.63) is 35.9 Å². The van der Waals surface area contributed by atoms with Gasteiger partial charge in [0, 0.05) is 0 Å². The molecule has 0 aliphatic heterocycles. The molecule has 1 amide bonds. The molecule has 0 aliphatic rings. The first-order valence-electron chi connectivity index (χ1n) is 7.28. The summed E-state index contributed by atoms with van der Waals surface area (Å²) in [7, 11) is 5.32. The van der Waals surface area contributed by atoms with E-state index in [1.807, 2.05) is 37.4 Å². The van der Waals surface area contributed by atoms with Gasteiger partial charge in [0.15, 0.2) is 0 Å². The molecule has 4 heteroatoms. The van der Waals surface area contributed by atoms with E-state index in [4.69, 9.17) is 5.11 Å². The Labute approximate surface area is 122 Å². The van der Waals surface area contributed by atoms with Crippen LogP contribution in [0, 0.1) is 0 Å². The van der Waals surface area contributed by atoms with E-state index in [-0.39, 0.29) is 11.6 Å². The van der Waals surface area contributed by atoms with Crippen molar-refractivity contribution in [1.29, 1.82) is 0 Å². The van der Waals surface area contributed by atoms with Gasteiger partial charge in [-0.3, -0.25) is 0 Å². The number of amides is 1. The van der Waals surface area contributed by atoms with Crippen molar-refractivity contribution < 1.29 is 9.90 Å². The average Bonchev–Trinajstić information content (AvgIpc) is 2.45. The molecule has 108 valence electrons. The third kappa shape index (κ3) is 6.55. The monoisotopic (exact) mass is 273 g/mol. The molecule has 0 saturated heterocycles. The Hall–Kier alpha value is -1.58. The van der Waals surface area contributed by atoms with Gasteiger partial charge >= 0.3 is 104 Å². The van der Waals surface area contributed by atoms with E-state index >= 15 is 0 Å². The summed E-state index contributed by atoms with van der Waals surface area (Å²) < 4.78 is 0. The Morgan fingerprint density at radius 3 is 2.35 bits per heavy atom. The van der Waals surface area contributed by atoms with E-state index in [2.05, 4.69) is 7.49 Å². The smallest absolute Gasteiger partial charge is 0.0622 e. The molecule has 1 aromatic carbocycles. The molecule has 0 aliphatic carbocycles. The predicted octanol–water partition coefficient (Wildman–Crippen LogP) is 2.50. The molecular formula is C16H24BNO2. The van der Waals surface area contributed by atoms with Gasteiger partial charge < -0.3 is 0 Å². The molecule has 0 aromatic heterocycles. The molecule has 0 saturated carbocycles. The first-order valence-corrected chi connectivity index (χ1v) is 7.28. The van der Waals surface area contributed by atoms with Crippen LogP contribution in [-0.4, -0.2) is 42.6 Å². The Kier molecular flexibility index (Phi) is 7.70. The zero-order chi connectivity index (χ0) is 14.8. The van der Waals surface area contributed by atoms with Gasteiger partial charge in [-0.1, -0.05) is 18.2 Å². The van der Waals surface area contributed by atoms with Crippen LogP contribution in [0.1, 0.15) is 48.9 Å². The number of carbonyl (C=O) groups excluding carboxylic acids is 1. The maximum atomic E-state index is 12.1. The molecule has 0 bridgehead atoms. The van der Waals surface area contributed by atoms with Gasteiger partial charge in [-0.2, -0.15) is 0 Å². The van der Waals surface area contributed by atoms with Crippen molar-refractivity contribution in [2.75, 3.05) is 13.6 Å². The summed E-state index contributed by atoms with van der Waals surface area (Å²) in [6.45, 7) is 0.792. The number of aliphatic hydroxyl groups is 1. The fourth-order valence-corrected chi connectivity index (χ4v) is 2.11.